The van der Waals surface area contributed by atoms with E-state index in [1.54, 1.807) is 0 Å². The number of hydrogen-bond donors (Lipinski definition) is 1. The van der Waals surface area contributed by atoms with Gasteiger partial charge in [-0.15, -0.1) is 0 Å². The topological polar surface area (TPSA) is 33.6 Å². The zero-order chi connectivity index (χ0) is 8.10. The highest BCUT2D eigenvalue weighted by Crippen LogP contribution is 2.02. The predicted octanol–water partition coefficient (Wildman–Crippen LogP) is 1.15. The fraction of sp³-hybridized carbons (Fsp3) is 0.875. The molecule has 0 aliphatic carbocycles. The quantitative estimate of drug-likeness (QED) is 0.491. The van der Waals surface area contributed by atoms with E-state index in [4.69, 9.17) is 4.74 Å². The number of hydrogen-bond acceptors (Lipinski definition) is 3. The summed E-state index contributed by atoms with van der Waals surface area (Å²) in [6.07, 6.45) is 2.10. The highest BCUT2D eigenvalue weighted by Gasteiger charge is 2.13. The normalized spacial score (nSPS) is 25.6. The maximum absolute atomic E-state index is 5.19. The summed E-state index contributed by atoms with van der Waals surface area (Å²) < 4.78 is 5.19. The summed E-state index contributed by atoms with van der Waals surface area (Å²) in [6.45, 7) is 5.81. The Morgan fingerprint density at radius 2 is 2.55 bits per heavy atom. The molecular formula is C8H16N2O. The Morgan fingerprint density at radius 1 is 1.73 bits per heavy atom. The minimum absolute atomic E-state index is 0.441. The van der Waals surface area contributed by atoms with Crippen molar-refractivity contribution in [3.63, 3.8) is 0 Å². The molecule has 0 saturated carbocycles. The molecule has 11 heavy (non-hydrogen) atoms. The van der Waals surface area contributed by atoms with Crippen molar-refractivity contribution in [1.29, 1.82) is 0 Å². The van der Waals surface area contributed by atoms with Crippen LogP contribution in [0, 0.1) is 0 Å². The van der Waals surface area contributed by atoms with Gasteiger partial charge in [0.25, 0.3) is 0 Å². The van der Waals surface area contributed by atoms with Crippen molar-refractivity contribution in [3.8, 4) is 0 Å². The summed E-state index contributed by atoms with van der Waals surface area (Å²) in [5, 5.41) is 4.21. The van der Waals surface area contributed by atoms with Crippen LogP contribution in [0.15, 0.2) is 5.10 Å². The van der Waals surface area contributed by atoms with Crippen molar-refractivity contribution >= 4 is 5.71 Å². The standard InChI is InChI=1S/C8H16N2O/c1-3-7(2)9-10-8-4-5-11-6-8/h8,10H,3-6H2,1-2H3/b9-7+. The van der Waals surface area contributed by atoms with Crippen LogP contribution in [0.1, 0.15) is 26.7 Å². The smallest absolute Gasteiger partial charge is 0.0695 e. The minimum atomic E-state index is 0.441. The molecular weight excluding hydrogens is 140 g/mol. The molecule has 1 rings (SSSR count). The van der Waals surface area contributed by atoms with Gasteiger partial charge >= 0.3 is 0 Å². The molecule has 1 aliphatic rings. The van der Waals surface area contributed by atoms with Crippen molar-refractivity contribution in [2.45, 2.75) is 32.7 Å². The molecule has 0 bridgehead atoms. The maximum atomic E-state index is 5.19. The van der Waals surface area contributed by atoms with Gasteiger partial charge in [-0.1, -0.05) is 6.92 Å². The van der Waals surface area contributed by atoms with Gasteiger partial charge < -0.3 is 10.2 Å². The van der Waals surface area contributed by atoms with Gasteiger partial charge in [-0.05, 0) is 19.8 Å². The van der Waals surface area contributed by atoms with Gasteiger partial charge in [-0.25, -0.2) is 0 Å². The van der Waals surface area contributed by atoms with Gasteiger partial charge in [0.1, 0.15) is 0 Å². The van der Waals surface area contributed by atoms with Crippen LogP contribution < -0.4 is 5.43 Å². The first kappa shape index (κ1) is 8.53. The van der Waals surface area contributed by atoms with Crippen LogP contribution in [0.4, 0.5) is 0 Å². The summed E-state index contributed by atoms with van der Waals surface area (Å²) in [7, 11) is 0. The minimum Gasteiger partial charge on any atom is -0.379 e. The van der Waals surface area contributed by atoms with Crippen molar-refractivity contribution in [3.05, 3.63) is 0 Å². The predicted molar refractivity (Wildman–Crippen MR) is 45.8 cm³/mol. The molecule has 3 heteroatoms. The highest BCUT2D eigenvalue weighted by atomic mass is 16.5. The first-order valence-corrected chi connectivity index (χ1v) is 4.19. The van der Waals surface area contributed by atoms with Crippen LogP contribution in [-0.4, -0.2) is 25.0 Å². The van der Waals surface area contributed by atoms with Crippen LogP contribution in [0.5, 0.6) is 0 Å². The Hall–Kier alpha value is -0.570. The van der Waals surface area contributed by atoms with E-state index in [2.05, 4.69) is 17.5 Å². The highest BCUT2D eigenvalue weighted by molar-refractivity contribution is 5.81. The summed E-state index contributed by atoms with van der Waals surface area (Å²) >= 11 is 0. The number of ether oxygens (including phenoxy) is 1. The summed E-state index contributed by atoms with van der Waals surface area (Å²) in [6, 6.07) is 0.441. The maximum Gasteiger partial charge on any atom is 0.0695 e. The zero-order valence-electron chi connectivity index (χ0n) is 7.26. The van der Waals surface area contributed by atoms with Crippen molar-refractivity contribution in [2.75, 3.05) is 13.2 Å². The lowest BCUT2D eigenvalue weighted by atomic mass is 10.3. The molecule has 0 aromatic carbocycles. The summed E-state index contributed by atoms with van der Waals surface area (Å²) in [5.74, 6) is 0. The molecule has 0 aromatic rings. The number of rotatable bonds is 3. The molecule has 1 N–H and O–H groups in total. The molecule has 1 fully saturated rings. The van der Waals surface area contributed by atoms with Crippen molar-refractivity contribution < 1.29 is 4.74 Å². The first-order valence-electron chi connectivity index (χ1n) is 4.19. The average Bonchev–Trinajstić information content (AvgIpc) is 2.52. The second kappa shape index (κ2) is 4.34. The van der Waals surface area contributed by atoms with Crippen LogP contribution in [0.25, 0.3) is 0 Å². The van der Waals surface area contributed by atoms with Gasteiger partial charge in [-0.3, -0.25) is 0 Å². The molecule has 0 amide bonds. The fourth-order valence-corrected chi connectivity index (χ4v) is 0.917. The molecule has 3 nitrogen and oxygen atoms in total. The fourth-order valence-electron chi connectivity index (χ4n) is 0.917. The molecule has 1 unspecified atom stereocenters. The van der Waals surface area contributed by atoms with Crippen LogP contribution >= 0.6 is 0 Å². The van der Waals surface area contributed by atoms with E-state index in [-0.39, 0.29) is 0 Å². The number of hydrazone groups is 1. The average molecular weight is 156 g/mol. The third-order valence-electron chi connectivity index (χ3n) is 1.88. The van der Waals surface area contributed by atoms with E-state index >= 15 is 0 Å². The summed E-state index contributed by atoms with van der Waals surface area (Å²) in [5.41, 5.74) is 4.25. The lowest BCUT2D eigenvalue weighted by Crippen LogP contribution is -2.25. The molecule has 1 atom stereocenters. The van der Waals surface area contributed by atoms with Gasteiger partial charge in [0.05, 0.1) is 12.6 Å². The molecule has 64 valence electrons. The van der Waals surface area contributed by atoms with Crippen molar-refractivity contribution in [2.24, 2.45) is 5.10 Å². The zero-order valence-corrected chi connectivity index (χ0v) is 7.26. The second-order valence-electron chi connectivity index (χ2n) is 2.89. The lowest BCUT2D eigenvalue weighted by molar-refractivity contribution is 0.190. The molecule has 1 heterocycles. The van der Waals surface area contributed by atoms with Gasteiger partial charge in [0, 0.05) is 12.3 Å². The SMILES string of the molecule is CC/C(C)=N/NC1CCOC1. The monoisotopic (exact) mass is 156 g/mol. The molecule has 1 aliphatic heterocycles. The number of nitrogens with zero attached hydrogens (tertiary/aromatic N) is 1. The van der Waals surface area contributed by atoms with Crippen molar-refractivity contribution in [1.82, 2.24) is 5.43 Å². The Bertz CT molecular complexity index is 139. The molecule has 1 saturated heterocycles. The Morgan fingerprint density at radius 3 is 3.09 bits per heavy atom. The third-order valence-corrected chi connectivity index (χ3v) is 1.88. The van der Waals surface area contributed by atoms with E-state index in [9.17, 15) is 0 Å². The van der Waals surface area contributed by atoms with Crippen LogP contribution in [-0.2, 0) is 4.74 Å². The Balaban J connectivity index is 2.19. The van der Waals surface area contributed by atoms with Crippen LogP contribution in [0.3, 0.4) is 0 Å². The van der Waals surface area contributed by atoms with E-state index in [1.165, 1.54) is 0 Å². The van der Waals surface area contributed by atoms with E-state index in [0.717, 1.165) is 31.8 Å². The number of nitrogens with one attached hydrogen (secondary N) is 1. The molecule has 0 spiro atoms. The summed E-state index contributed by atoms with van der Waals surface area (Å²) in [4.78, 5) is 0. The Kier molecular flexibility index (Phi) is 3.36. The lowest BCUT2D eigenvalue weighted by Gasteiger charge is -2.06. The van der Waals surface area contributed by atoms with Gasteiger partial charge in [0.2, 0.25) is 0 Å². The first-order chi connectivity index (χ1) is 5.33. The Labute approximate surface area is 67.8 Å². The van der Waals surface area contributed by atoms with E-state index < -0.39 is 0 Å². The van der Waals surface area contributed by atoms with Crippen LogP contribution in [0.2, 0.25) is 0 Å². The van der Waals surface area contributed by atoms with E-state index in [1.807, 2.05) is 6.92 Å². The molecule has 0 radical (unpaired) electrons. The molecule has 0 aromatic heterocycles. The van der Waals surface area contributed by atoms with E-state index in [0.29, 0.717) is 6.04 Å². The van der Waals surface area contributed by atoms with Gasteiger partial charge in [0.15, 0.2) is 0 Å². The third kappa shape index (κ3) is 2.89. The van der Waals surface area contributed by atoms with Gasteiger partial charge in [-0.2, -0.15) is 5.10 Å². The second-order valence-corrected chi connectivity index (χ2v) is 2.89. The largest absolute Gasteiger partial charge is 0.379 e.